The lowest BCUT2D eigenvalue weighted by atomic mass is 10.3. The van der Waals surface area contributed by atoms with Crippen LogP contribution in [0.3, 0.4) is 0 Å². The van der Waals surface area contributed by atoms with Crippen molar-refractivity contribution >= 4 is 17.3 Å². The average Bonchev–Trinajstić information content (AvgIpc) is 2.87. The number of furan rings is 1. The van der Waals surface area contributed by atoms with E-state index < -0.39 is 5.97 Å². The molecule has 2 heterocycles. The molecule has 0 bridgehead atoms. The van der Waals surface area contributed by atoms with Crippen LogP contribution in [0.4, 0.5) is 0 Å². The number of hydrogen-bond donors (Lipinski definition) is 1. The second-order valence-corrected chi connectivity index (χ2v) is 5.97. The predicted octanol–water partition coefficient (Wildman–Crippen LogP) is 3.79. The summed E-state index contributed by atoms with van der Waals surface area (Å²) in [6.45, 7) is 4.11. The first-order valence-electron chi connectivity index (χ1n) is 6.43. The van der Waals surface area contributed by atoms with Gasteiger partial charge in [-0.3, -0.25) is 0 Å². The molecule has 1 aliphatic carbocycles. The molecule has 2 unspecified atom stereocenters. The zero-order valence-corrected chi connectivity index (χ0v) is 11.7. The summed E-state index contributed by atoms with van der Waals surface area (Å²) in [6.07, 6.45) is 1.79. The van der Waals surface area contributed by atoms with E-state index in [0.29, 0.717) is 39.6 Å². The molecule has 0 spiro atoms. The number of aryl methyl sites for hydroxylation is 1. The fraction of sp³-hybridized carbons (Fsp3) is 0.429. The Kier molecular flexibility index (Phi) is 2.93. The maximum atomic E-state index is 11.1. The Morgan fingerprint density at radius 1 is 1.58 bits per heavy atom. The van der Waals surface area contributed by atoms with E-state index in [4.69, 9.17) is 9.52 Å². The van der Waals surface area contributed by atoms with E-state index in [-0.39, 0.29) is 0 Å². The van der Waals surface area contributed by atoms with Crippen LogP contribution in [0.15, 0.2) is 16.5 Å². The maximum Gasteiger partial charge on any atom is 0.347 e. The van der Waals surface area contributed by atoms with Gasteiger partial charge in [-0.25, -0.2) is 9.78 Å². The van der Waals surface area contributed by atoms with Gasteiger partial charge in [-0.05, 0) is 30.9 Å². The van der Waals surface area contributed by atoms with Gasteiger partial charge >= 0.3 is 5.97 Å². The van der Waals surface area contributed by atoms with Crippen LogP contribution in [0.1, 0.15) is 47.3 Å². The second kappa shape index (κ2) is 4.49. The number of aromatic carboxylic acids is 1. The zero-order chi connectivity index (χ0) is 13.6. The Bertz CT molecular complexity index is 628. The third-order valence-corrected chi connectivity index (χ3v) is 4.64. The van der Waals surface area contributed by atoms with Crippen molar-refractivity contribution in [2.24, 2.45) is 5.92 Å². The van der Waals surface area contributed by atoms with Gasteiger partial charge in [-0.2, -0.15) is 0 Å². The summed E-state index contributed by atoms with van der Waals surface area (Å²) < 4.78 is 5.81. The fourth-order valence-corrected chi connectivity index (χ4v) is 3.20. The molecule has 3 rings (SSSR count). The lowest BCUT2D eigenvalue weighted by molar-refractivity contribution is 0.0701. The van der Waals surface area contributed by atoms with E-state index >= 15 is 0 Å². The molecule has 2 atom stereocenters. The van der Waals surface area contributed by atoms with E-state index in [1.807, 2.05) is 19.1 Å². The molecule has 4 nitrogen and oxygen atoms in total. The topological polar surface area (TPSA) is 63.3 Å². The van der Waals surface area contributed by atoms with Crippen LogP contribution in [0.25, 0.3) is 10.8 Å². The number of aromatic nitrogens is 1. The number of carboxylic acids is 1. The minimum atomic E-state index is -0.914. The molecule has 100 valence electrons. The molecule has 0 aliphatic heterocycles. The first-order valence-corrected chi connectivity index (χ1v) is 7.25. The molecule has 5 heteroatoms. The van der Waals surface area contributed by atoms with Crippen molar-refractivity contribution in [3.8, 4) is 10.8 Å². The number of nitrogens with zero attached hydrogens (tertiary/aromatic N) is 1. The van der Waals surface area contributed by atoms with Crippen molar-refractivity contribution in [1.29, 1.82) is 0 Å². The summed E-state index contributed by atoms with van der Waals surface area (Å²) in [4.78, 5) is 15.8. The molecule has 1 saturated carbocycles. The molecule has 1 N–H and O–H groups in total. The summed E-state index contributed by atoms with van der Waals surface area (Å²) >= 11 is 1.19. The van der Waals surface area contributed by atoms with Gasteiger partial charge in [0.2, 0.25) is 0 Å². The minimum Gasteiger partial charge on any atom is -0.477 e. The quantitative estimate of drug-likeness (QED) is 0.923. The van der Waals surface area contributed by atoms with E-state index in [2.05, 4.69) is 11.9 Å². The molecule has 0 amide bonds. The van der Waals surface area contributed by atoms with Crippen LogP contribution in [-0.2, 0) is 6.42 Å². The summed E-state index contributed by atoms with van der Waals surface area (Å²) in [5.41, 5.74) is 0.630. The van der Waals surface area contributed by atoms with Gasteiger partial charge in [0.25, 0.3) is 0 Å². The van der Waals surface area contributed by atoms with Crippen molar-refractivity contribution < 1.29 is 14.3 Å². The van der Waals surface area contributed by atoms with Crippen molar-refractivity contribution in [1.82, 2.24) is 4.98 Å². The van der Waals surface area contributed by atoms with Crippen LogP contribution in [0.5, 0.6) is 0 Å². The number of rotatable bonds is 4. The van der Waals surface area contributed by atoms with Crippen molar-refractivity contribution in [2.75, 3.05) is 0 Å². The van der Waals surface area contributed by atoms with Gasteiger partial charge in [0.05, 0.1) is 5.69 Å². The van der Waals surface area contributed by atoms with Crippen molar-refractivity contribution in [3.63, 3.8) is 0 Å². The largest absolute Gasteiger partial charge is 0.477 e. The van der Waals surface area contributed by atoms with E-state index in [9.17, 15) is 4.79 Å². The standard InChI is InChI=1S/C14H15NO3S/c1-3-9-12(14(16)17)19-13(15-9)11-5-4-10(18-11)8-6-7(8)2/h4-5,7-8H,3,6H2,1-2H3,(H,16,17). The molecule has 2 aromatic rings. The highest BCUT2D eigenvalue weighted by atomic mass is 32.1. The van der Waals surface area contributed by atoms with E-state index in [0.717, 1.165) is 5.76 Å². The van der Waals surface area contributed by atoms with Crippen LogP contribution in [-0.4, -0.2) is 16.1 Å². The Hall–Kier alpha value is -1.62. The normalized spacial score (nSPS) is 21.6. The van der Waals surface area contributed by atoms with Crippen LogP contribution in [0, 0.1) is 5.92 Å². The smallest absolute Gasteiger partial charge is 0.347 e. The highest BCUT2D eigenvalue weighted by Crippen LogP contribution is 2.48. The van der Waals surface area contributed by atoms with Crippen LogP contribution in [0.2, 0.25) is 0 Å². The number of carboxylic acid groups (broad SMARTS) is 1. The molecule has 0 radical (unpaired) electrons. The molecule has 1 aliphatic rings. The molecule has 0 aromatic carbocycles. The molecule has 0 saturated heterocycles. The molecular weight excluding hydrogens is 262 g/mol. The molecular formula is C14H15NO3S. The summed E-state index contributed by atoms with van der Waals surface area (Å²) in [5.74, 6) is 1.98. The predicted molar refractivity (Wildman–Crippen MR) is 72.7 cm³/mol. The monoisotopic (exact) mass is 277 g/mol. The highest BCUT2D eigenvalue weighted by molar-refractivity contribution is 7.16. The first kappa shape index (κ1) is 12.4. The molecule has 2 aromatic heterocycles. The summed E-state index contributed by atoms with van der Waals surface area (Å²) in [5, 5.41) is 9.80. The average molecular weight is 277 g/mol. The lowest BCUT2D eigenvalue weighted by Gasteiger charge is -1.91. The number of thiazole rings is 1. The van der Waals surface area contributed by atoms with Crippen molar-refractivity contribution in [2.45, 2.75) is 32.6 Å². The number of hydrogen-bond acceptors (Lipinski definition) is 4. The van der Waals surface area contributed by atoms with Gasteiger partial charge in [-0.15, -0.1) is 11.3 Å². The number of carbonyl (C=O) groups is 1. The summed E-state index contributed by atoms with van der Waals surface area (Å²) in [6, 6.07) is 3.88. The third kappa shape index (κ3) is 2.18. The van der Waals surface area contributed by atoms with Gasteiger partial charge in [0.15, 0.2) is 10.8 Å². The van der Waals surface area contributed by atoms with E-state index in [1.165, 1.54) is 17.8 Å². The lowest BCUT2D eigenvalue weighted by Crippen LogP contribution is -1.97. The van der Waals surface area contributed by atoms with Crippen LogP contribution < -0.4 is 0 Å². The fourth-order valence-electron chi connectivity index (χ4n) is 2.25. The van der Waals surface area contributed by atoms with Gasteiger partial charge in [0.1, 0.15) is 10.6 Å². The SMILES string of the molecule is CCc1nc(-c2ccc(C3CC3C)o2)sc1C(=O)O. The van der Waals surface area contributed by atoms with E-state index in [1.54, 1.807) is 0 Å². The zero-order valence-electron chi connectivity index (χ0n) is 10.8. The molecule has 19 heavy (non-hydrogen) atoms. The Morgan fingerprint density at radius 2 is 2.32 bits per heavy atom. The summed E-state index contributed by atoms with van der Waals surface area (Å²) in [7, 11) is 0. The maximum absolute atomic E-state index is 11.1. The third-order valence-electron chi connectivity index (χ3n) is 3.54. The van der Waals surface area contributed by atoms with Gasteiger partial charge in [-0.1, -0.05) is 13.8 Å². The van der Waals surface area contributed by atoms with Gasteiger partial charge < -0.3 is 9.52 Å². The first-order chi connectivity index (χ1) is 9.10. The van der Waals surface area contributed by atoms with Gasteiger partial charge in [0, 0.05) is 5.92 Å². The van der Waals surface area contributed by atoms with Crippen molar-refractivity contribution in [3.05, 3.63) is 28.5 Å². The Labute approximate surface area is 115 Å². The van der Waals surface area contributed by atoms with Crippen LogP contribution >= 0.6 is 11.3 Å². The Morgan fingerprint density at radius 3 is 2.84 bits per heavy atom. The Balaban J connectivity index is 1.93. The minimum absolute atomic E-state index is 0.315. The second-order valence-electron chi connectivity index (χ2n) is 4.98. The highest BCUT2D eigenvalue weighted by Gasteiger charge is 2.36. The molecule has 1 fully saturated rings.